The number of aliphatic hydroxyl groups is 1. The first-order chi connectivity index (χ1) is 7.76. The van der Waals surface area contributed by atoms with Crippen LogP contribution in [0.3, 0.4) is 0 Å². The molecule has 1 aromatic rings. The minimum atomic E-state index is 0.0828. The van der Waals surface area contributed by atoms with Crippen LogP contribution in [0.2, 0.25) is 5.02 Å². The van der Waals surface area contributed by atoms with E-state index in [0.717, 1.165) is 29.2 Å². The van der Waals surface area contributed by atoms with Crippen LogP contribution in [-0.2, 0) is 6.61 Å². The van der Waals surface area contributed by atoms with E-state index in [4.69, 9.17) is 11.6 Å². The Balaban J connectivity index is 2.30. The van der Waals surface area contributed by atoms with Crippen molar-refractivity contribution in [1.82, 2.24) is 0 Å². The maximum absolute atomic E-state index is 9.36. The predicted molar refractivity (Wildman–Crippen MR) is 68.0 cm³/mol. The number of hydrogen-bond acceptors (Lipinski definition) is 2. The van der Waals surface area contributed by atoms with Gasteiger partial charge in [-0.15, -0.1) is 0 Å². The maximum atomic E-state index is 9.36. The summed E-state index contributed by atoms with van der Waals surface area (Å²) >= 11 is 6.03. The van der Waals surface area contributed by atoms with Gasteiger partial charge in [0.05, 0.1) is 6.61 Å². The van der Waals surface area contributed by atoms with Crippen LogP contribution in [0.5, 0.6) is 0 Å². The summed E-state index contributed by atoms with van der Waals surface area (Å²) in [6.45, 7) is 3.30. The first-order valence-electron chi connectivity index (χ1n) is 5.92. The van der Waals surface area contributed by atoms with Crippen molar-refractivity contribution in [2.45, 2.75) is 38.8 Å². The zero-order chi connectivity index (χ0) is 11.5. The fraction of sp³-hybridized carbons (Fsp3) is 0.538. The Hall–Kier alpha value is -0.730. The number of hydrogen-bond donors (Lipinski definition) is 1. The summed E-state index contributed by atoms with van der Waals surface area (Å²) in [6.07, 6.45) is 3.64. The standard InChI is InChI=1S/C13H18ClNO/c1-2-7-15(12-5-6-12)13-8-11(14)4-3-10(13)9-16/h3-4,8,12,16H,2,5-7,9H2,1H3. The summed E-state index contributed by atoms with van der Waals surface area (Å²) < 4.78 is 0. The molecule has 1 saturated carbocycles. The molecule has 0 aliphatic heterocycles. The Bertz CT molecular complexity index is 363. The normalized spacial score (nSPS) is 15.2. The monoisotopic (exact) mass is 239 g/mol. The smallest absolute Gasteiger partial charge is 0.0702 e. The van der Waals surface area contributed by atoms with Crippen molar-refractivity contribution in [3.05, 3.63) is 28.8 Å². The minimum Gasteiger partial charge on any atom is -0.392 e. The van der Waals surface area contributed by atoms with Crippen LogP contribution >= 0.6 is 11.6 Å². The van der Waals surface area contributed by atoms with E-state index in [1.807, 2.05) is 18.2 Å². The van der Waals surface area contributed by atoms with Crippen LogP contribution in [0.1, 0.15) is 31.7 Å². The van der Waals surface area contributed by atoms with Crippen LogP contribution in [0, 0.1) is 0 Å². The summed E-state index contributed by atoms with van der Waals surface area (Å²) in [4.78, 5) is 2.39. The number of halogens is 1. The van der Waals surface area contributed by atoms with Crippen LogP contribution in [-0.4, -0.2) is 17.7 Å². The molecule has 2 rings (SSSR count). The number of benzene rings is 1. The van der Waals surface area contributed by atoms with Crippen molar-refractivity contribution in [3.8, 4) is 0 Å². The lowest BCUT2D eigenvalue weighted by Gasteiger charge is -2.26. The summed E-state index contributed by atoms with van der Waals surface area (Å²) in [7, 11) is 0. The topological polar surface area (TPSA) is 23.5 Å². The number of aliphatic hydroxyl groups excluding tert-OH is 1. The first kappa shape index (κ1) is 11.7. The van der Waals surface area contributed by atoms with Crippen molar-refractivity contribution < 1.29 is 5.11 Å². The van der Waals surface area contributed by atoms with Crippen LogP contribution in [0.15, 0.2) is 18.2 Å². The molecule has 0 heterocycles. The maximum Gasteiger partial charge on any atom is 0.0702 e. The van der Waals surface area contributed by atoms with E-state index in [1.165, 1.54) is 12.8 Å². The minimum absolute atomic E-state index is 0.0828. The van der Waals surface area contributed by atoms with Gasteiger partial charge in [-0.05, 0) is 31.4 Å². The summed E-state index contributed by atoms with van der Waals surface area (Å²) in [6, 6.07) is 6.39. The molecule has 2 nitrogen and oxygen atoms in total. The van der Waals surface area contributed by atoms with E-state index < -0.39 is 0 Å². The van der Waals surface area contributed by atoms with Gasteiger partial charge in [-0.1, -0.05) is 24.6 Å². The summed E-state index contributed by atoms with van der Waals surface area (Å²) in [5, 5.41) is 10.1. The average Bonchev–Trinajstić information content (AvgIpc) is 3.10. The molecule has 0 atom stereocenters. The molecule has 0 amide bonds. The molecule has 0 saturated heterocycles. The molecule has 1 N–H and O–H groups in total. The third-order valence-corrected chi connectivity index (χ3v) is 3.21. The Morgan fingerprint density at radius 3 is 2.75 bits per heavy atom. The highest BCUT2D eigenvalue weighted by Gasteiger charge is 2.29. The van der Waals surface area contributed by atoms with Gasteiger partial charge in [0, 0.05) is 28.9 Å². The Morgan fingerprint density at radius 2 is 2.19 bits per heavy atom. The second kappa shape index (κ2) is 5.07. The van der Waals surface area contributed by atoms with Gasteiger partial charge in [0.1, 0.15) is 0 Å². The van der Waals surface area contributed by atoms with E-state index in [-0.39, 0.29) is 6.61 Å². The lowest BCUT2D eigenvalue weighted by atomic mass is 10.1. The highest BCUT2D eigenvalue weighted by Crippen LogP contribution is 2.35. The van der Waals surface area contributed by atoms with Gasteiger partial charge >= 0.3 is 0 Å². The van der Waals surface area contributed by atoms with Gasteiger partial charge in [0.15, 0.2) is 0 Å². The fourth-order valence-corrected chi connectivity index (χ4v) is 2.23. The van der Waals surface area contributed by atoms with Crippen molar-refractivity contribution in [1.29, 1.82) is 0 Å². The van der Waals surface area contributed by atoms with Crippen LogP contribution < -0.4 is 4.90 Å². The molecule has 1 aliphatic carbocycles. The van der Waals surface area contributed by atoms with Crippen molar-refractivity contribution in [2.24, 2.45) is 0 Å². The molecule has 16 heavy (non-hydrogen) atoms. The van der Waals surface area contributed by atoms with Gasteiger partial charge in [-0.25, -0.2) is 0 Å². The molecule has 0 aromatic heterocycles. The van der Waals surface area contributed by atoms with Crippen molar-refractivity contribution in [2.75, 3.05) is 11.4 Å². The predicted octanol–water partition coefficient (Wildman–Crippen LogP) is 3.21. The zero-order valence-corrected chi connectivity index (χ0v) is 10.4. The molecule has 3 heteroatoms. The summed E-state index contributed by atoms with van der Waals surface area (Å²) in [5.41, 5.74) is 2.09. The van der Waals surface area contributed by atoms with Crippen molar-refractivity contribution >= 4 is 17.3 Å². The first-order valence-corrected chi connectivity index (χ1v) is 6.30. The zero-order valence-electron chi connectivity index (χ0n) is 9.62. The van der Waals surface area contributed by atoms with Gasteiger partial charge < -0.3 is 10.0 Å². The molecular formula is C13H18ClNO. The Morgan fingerprint density at radius 1 is 1.44 bits per heavy atom. The molecule has 0 spiro atoms. The molecule has 1 aliphatic rings. The lowest BCUT2D eigenvalue weighted by Crippen LogP contribution is -2.27. The van der Waals surface area contributed by atoms with Crippen molar-refractivity contribution in [3.63, 3.8) is 0 Å². The van der Waals surface area contributed by atoms with E-state index in [9.17, 15) is 5.11 Å². The highest BCUT2D eigenvalue weighted by atomic mass is 35.5. The molecular weight excluding hydrogens is 222 g/mol. The second-order valence-corrected chi connectivity index (χ2v) is 4.79. The Kier molecular flexibility index (Phi) is 3.72. The third kappa shape index (κ3) is 2.50. The number of rotatable bonds is 5. The molecule has 1 aromatic carbocycles. The van der Waals surface area contributed by atoms with E-state index in [1.54, 1.807) is 0 Å². The number of anilines is 1. The van der Waals surface area contributed by atoms with E-state index in [0.29, 0.717) is 6.04 Å². The molecule has 88 valence electrons. The van der Waals surface area contributed by atoms with Crippen LogP contribution in [0.25, 0.3) is 0 Å². The molecule has 0 radical (unpaired) electrons. The molecule has 0 bridgehead atoms. The fourth-order valence-electron chi connectivity index (χ4n) is 2.06. The average molecular weight is 240 g/mol. The molecule has 0 unspecified atom stereocenters. The highest BCUT2D eigenvalue weighted by molar-refractivity contribution is 6.30. The SMILES string of the molecule is CCCN(c1cc(Cl)ccc1CO)C1CC1. The lowest BCUT2D eigenvalue weighted by molar-refractivity contribution is 0.282. The Labute approximate surface area is 102 Å². The van der Waals surface area contributed by atoms with Gasteiger partial charge in [0.2, 0.25) is 0 Å². The summed E-state index contributed by atoms with van der Waals surface area (Å²) in [5.74, 6) is 0. The quantitative estimate of drug-likeness (QED) is 0.853. The largest absolute Gasteiger partial charge is 0.392 e. The van der Waals surface area contributed by atoms with E-state index >= 15 is 0 Å². The van der Waals surface area contributed by atoms with E-state index in [2.05, 4.69) is 11.8 Å². The van der Waals surface area contributed by atoms with Gasteiger partial charge in [0.25, 0.3) is 0 Å². The third-order valence-electron chi connectivity index (χ3n) is 2.98. The van der Waals surface area contributed by atoms with Gasteiger partial charge in [-0.3, -0.25) is 0 Å². The molecule has 1 fully saturated rings. The van der Waals surface area contributed by atoms with Crippen LogP contribution in [0.4, 0.5) is 5.69 Å². The number of nitrogens with zero attached hydrogens (tertiary/aromatic N) is 1. The second-order valence-electron chi connectivity index (χ2n) is 4.36. The van der Waals surface area contributed by atoms with Gasteiger partial charge in [-0.2, -0.15) is 0 Å².